The molecule has 1 aliphatic rings. The molecular formula is C4H10N2O3. The van der Waals surface area contributed by atoms with Gasteiger partial charge in [-0.15, -0.1) is 0 Å². The third-order valence-electron chi connectivity index (χ3n) is 1.28. The Kier molecular flexibility index (Phi) is 1.69. The summed E-state index contributed by atoms with van der Waals surface area (Å²) < 4.78 is 0. The van der Waals surface area contributed by atoms with Gasteiger partial charge in [0, 0.05) is 6.54 Å². The van der Waals surface area contributed by atoms with Gasteiger partial charge in [-0.05, 0) is 6.42 Å². The highest BCUT2D eigenvalue weighted by atomic mass is 16.6. The maximum atomic E-state index is 8.83. The maximum absolute atomic E-state index is 8.83. The predicted molar refractivity (Wildman–Crippen MR) is 28.9 cm³/mol. The third-order valence-corrected chi connectivity index (χ3v) is 1.28. The van der Waals surface area contributed by atoms with Gasteiger partial charge in [-0.2, -0.15) is 0 Å². The van der Waals surface area contributed by atoms with Crippen molar-refractivity contribution in [2.24, 2.45) is 0 Å². The minimum Gasteiger partial charge on any atom is -0.386 e. The molecule has 9 heavy (non-hydrogen) atoms. The second kappa shape index (κ2) is 2.20. The van der Waals surface area contributed by atoms with E-state index in [0.29, 0.717) is 13.0 Å². The quantitative estimate of drug-likeness (QED) is 0.236. The average Bonchev–Trinajstić information content (AvgIpc) is 1.77. The molecule has 1 atom stereocenters. The minimum atomic E-state index is -2.17. The Morgan fingerprint density at radius 3 is 2.44 bits per heavy atom. The summed E-state index contributed by atoms with van der Waals surface area (Å²) >= 11 is 0. The molecule has 5 heteroatoms. The summed E-state index contributed by atoms with van der Waals surface area (Å²) in [6, 6.07) is 0. The zero-order valence-electron chi connectivity index (χ0n) is 4.83. The molecule has 1 aliphatic heterocycles. The first kappa shape index (κ1) is 6.91. The van der Waals surface area contributed by atoms with Crippen LogP contribution in [0.2, 0.25) is 0 Å². The van der Waals surface area contributed by atoms with Gasteiger partial charge in [0.15, 0.2) is 0 Å². The fourth-order valence-electron chi connectivity index (χ4n) is 0.686. The van der Waals surface area contributed by atoms with Crippen molar-refractivity contribution >= 4 is 0 Å². The van der Waals surface area contributed by atoms with Crippen LogP contribution < -0.4 is 10.9 Å². The van der Waals surface area contributed by atoms with E-state index in [1.807, 2.05) is 0 Å². The molecule has 0 saturated carbocycles. The van der Waals surface area contributed by atoms with Crippen molar-refractivity contribution < 1.29 is 15.3 Å². The van der Waals surface area contributed by atoms with E-state index in [0.717, 1.165) is 0 Å². The van der Waals surface area contributed by atoms with Gasteiger partial charge in [-0.1, -0.05) is 0 Å². The van der Waals surface area contributed by atoms with Crippen LogP contribution in [0.4, 0.5) is 0 Å². The second-order valence-corrected chi connectivity index (χ2v) is 2.08. The number of rotatable bonds is 0. The van der Waals surface area contributed by atoms with E-state index in [2.05, 4.69) is 10.9 Å². The highest BCUT2D eigenvalue weighted by Crippen LogP contribution is 2.07. The van der Waals surface area contributed by atoms with E-state index in [4.69, 9.17) is 15.3 Å². The standard InChI is InChI=1S/C4H10N2O3/c7-3-1-2-5-6-4(3,8)9/h3,5-9H,1-2H2. The summed E-state index contributed by atoms with van der Waals surface area (Å²) in [7, 11) is 0. The van der Waals surface area contributed by atoms with Crippen molar-refractivity contribution in [3.63, 3.8) is 0 Å². The predicted octanol–water partition coefficient (Wildman–Crippen LogP) is -2.52. The van der Waals surface area contributed by atoms with Crippen LogP contribution in [0.25, 0.3) is 0 Å². The van der Waals surface area contributed by atoms with E-state index in [9.17, 15) is 0 Å². The molecule has 0 spiro atoms. The summed E-state index contributed by atoms with van der Waals surface area (Å²) in [6.45, 7) is 0.532. The van der Waals surface area contributed by atoms with Crippen molar-refractivity contribution in [3.8, 4) is 0 Å². The normalized spacial score (nSPS) is 34.3. The Hall–Kier alpha value is -0.200. The van der Waals surface area contributed by atoms with Crippen LogP contribution >= 0.6 is 0 Å². The van der Waals surface area contributed by atoms with Crippen LogP contribution in [0, 0.1) is 0 Å². The van der Waals surface area contributed by atoms with Gasteiger partial charge in [-0.25, -0.2) is 5.43 Å². The molecule has 1 unspecified atom stereocenters. The van der Waals surface area contributed by atoms with Crippen molar-refractivity contribution in [1.29, 1.82) is 0 Å². The van der Waals surface area contributed by atoms with Gasteiger partial charge in [0.05, 0.1) is 0 Å². The van der Waals surface area contributed by atoms with Gasteiger partial charge in [0.1, 0.15) is 6.10 Å². The number of aliphatic hydroxyl groups excluding tert-OH is 1. The highest BCUT2D eigenvalue weighted by Gasteiger charge is 2.35. The molecule has 0 aliphatic carbocycles. The van der Waals surface area contributed by atoms with E-state index >= 15 is 0 Å². The molecule has 0 radical (unpaired) electrons. The highest BCUT2D eigenvalue weighted by molar-refractivity contribution is 4.75. The molecule has 5 N–H and O–H groups in total. The summed E-state index contributed by atoms with van der Waals surface area (Å²) in [5, 5.41) is 26.4. The first-order chi connectivity index (χ1) is 4.13. The van der Waals surface area contributed by atoms with E-state index < -0.39 is 12.0 Å². The summed E-state index contributed by atoms with van der Waals surface area (Å²) in [5.74, 6) is -2.17. The smallest absolute Gasteiger partial charge is 0.262 e. The molecule has 0 amide bonds. The van der Waals surface area contributed by atoms with Gasteiger partial charge in [0.2, 0.25) is 0 Å². The van der Waals surface area contributed by atoms with Gasteiger partial charge in [-0.3, -0.25) is 5.43 Å². The van der Waals surface area contributed by atoms with Gasteiger partial charge >= 0.3 is 0 Å². The fourth-order valence-corrected chi connectivity index (χ4v) is 0.686. The number of hydrazine groups is 1. The maximum Gasteiger partial charge on any atom is 0.262 e. The van der Waals surface area contributed by atoms with Crippen molar-refractivity contribution in [2.75, 3.05) is 6.54 Å². The van der Waals surface area contributed by atoms with Gasteiger partial charge < -0.3 is 15.3 Å². The molecule has 0 aromatic carbocycles. The van der Waals surface area contributed by atoms with Gasteiger partial charge in [0.25, 0.3) is 5.91 Å². The van der Waals surface area contributed by atoms with Crippen molar-refractivity contribution in [1.82, 2.24) is 10.9 Å². The van der Waals surface area contributed by atoms with Crippen LogP contribution in [-0.4, -0.2) is 33.9 Å². The molecule has 1 saturated heterocycles. The Labute approximate surface area is 52.3 Å². The summed E-state index contributed by atoms with van der Waals surface area (Å²) in [6.07, 6.45) is -0.779. The Morgan fingerprint density at radius 1 is 1.44 bits per heavy atom. The van der Waals surface area contributed by atoms with Crippen LogP contribution in [0.15, 0.2) is 0 Å². The topological polar surface area (TPSA) is 84.8 Å². The average molecular weight is 134 g/mol. The SMILES string of the molecule is OC1CCNNC1(O)O. The molecule has 0 bridgehead atoms. The van der Waals surface area contributed by atoms with Crippen LogP contribution in [0.1, 0.15) is 6.42 Å². The zero-order chi connectivity index (χ0) is 6.91. The van der Waals surface area contributed by atoms with Crippen LogP contribution in [-0.2, 0) is 0 Å². The first-order valence-corrected chi connectivity index (χ1v) is 2.76. The molecule has 54 valence electrons. The fraction of sp³-hybridized carbons (Fsp3) is 1.00. The van der Waals surface area contributed by atoms with Crippen molar-refractivity contribution in [3.05, 3.63) is 0 Å². The van der Waals surface area contributed by atoms with Crippen molar-refractivity contribution in [2.45, 2.75) is 18.4 Å². The lowest BCUT2D eigenvalue weighted by Gasteiger charge is -2.32. The molecule has 5 nitrogen and oxygen atoms in total. The third kappa shape index (κ3) is 1.38. The number of aliphatic hydroxyl groups is 3. The first-order valence-electron chi connectivity index (χ1n) is 2.76. The largest absolute Gasteiger partial charge is 0.386 e. The molecular weight excluding hydrogens is 124 g/mol. The lowest BCUT2D eigenvalue weighted by atomic mass is 10.2. The van der Waals surface area contributed by atoms with E-state index in [1.165, 1.54) is 0 Å². The summed E-state index contributed by atoms with van der Waals surface area (Å²) in [5.41, 5.74) is 4.61. The summed E-state index contributed by atoms with van der Waals surface area (Å²) in [4.78, 5) is 0. The zero-order valence-corrected chi connectivity index (χ0v) is 4.83. The van der Waals surface area contributed by atoms with E-state index in [1.54, 1.807) is 0 Å². The second-order valence-electron chi connectivity index (χ2n) is 2.08. The minimum absolute atomic E-state index is 0.333. The molecule has 0 aromatic rings. The lowest BCUT2D eigenvalue weighted by molar-refractivity contribution is -0.263. The number of hydrogen-bond donors (Lipinski definition) is 5. The monoisotopic (exact) mass is 134 g/mol. The lowest BCUT2D eigenvalue weighted by Crippen LogP contribution is -2.64. The Bertz CT molecular complexity index is 106. The molecule has 1 heterocycles. The molecule has 0 aromatic heterocycles. The Balaban J connectivity index is 2.49. The van der Waals surface area contributed by atoms with Crippen LogP contribution in [0.3, 0.4) is 0 Å². The van der Waals surface area contributed by atoms with E-state index in [-0.39, 0.29) is 0 Å². The number of nitrogens with one attached hydrogen (secondary N) is 2. The molecule has 1 rings (SSSR count). The molecule has 1 fully saturated rings. The van der Waals surface area contributed by atoms with Crippen LogP contribution in [0.5, 0.6) is 0 Å². The number of hydrogen-bond acceptors (Lipinski definition) is 5. The Morgan fingerprint density at radius 2 is 2.11 bits per heavy atom.